The van der Waals surface area contributed by atoms with E-state index in [0.29, 0.717) is 0 Å². The molecule has 0 aromatic heterocycles. The highest BCUT2D eigenvalue weighted by Gasteiger charge is 2.22. The predicted molar refractivity (Wildman–Crippen MR) is 63.7 cm³/mol. The summed E-state index contributed by atoms with van der Waals surface area (Å²) in [6, 6.07) is 10.2. The van der Waals surface area contributed by atoms with E-state index in [1.54, 1.807) is 0 Å². The normalized spacial score (nSPS) is 14.3. The molecule has 80 valence electrons. The second-order valence-corrected chi connectivity index (χ2v) is 4.35. The number of hydrogen-bond donors (Lipinski definition) is 0. The largest absolute Gasteiger partial charge is 0.192 e. The van der Waals surface area contributed by atoms with E-state index < -0.39 is 0 Å². The Hall–Kier alpha value is -1.29. The van der Waals surface area contributed by atoms with Crippen LogP contribution in [0.15, 0.2) is 24.3 Å². The number of hydrogen-bond acceptors (Lipinski definition) is 1. The van der Waals surface area contributed by atoms with Gasteiger partial charge in [0.25, 0.3) is 0 Å². The lowest BCUT2D eigenvalue weighted by Crippen LogP contribution is -2.20. The van der Waals surface area contributed by atoms with E-state index in [2.05, 4.69) is 39.0 Å². The molecule has 0 aliphatic heterocycles. The van der Waals surface area contributed by atoms with Crippen molar-refractivity contribution in [2.75, 3.05) is 0 Å². The third-order valence-corrected chi connectivity index (χ3v) is 3.29. The minimum Gasteiger partial charge on any atom is -0.192 e. The molecule has 0 saturated heterocycles. The monoisotopic (exact) mass is 201 g/mol. The predicted octanol–water partition coefficient (Wildman–Crippen LogP) is 4.03. The maximum absolute atomic E-state index is 8.74. The molecule has 0 aliphatic rings. The van der Waals surface area contributed by atoms with Crippen LogP contribution >= 0.6 is 0 Å². The van der Waals surface area contributed by atoms with Gasteiger partial charge in [0.2, 0.25) is 0 Å². The van der Waals surface area contributed by atoms with Crippen LogP contribution in [0.3, 0.4) is 0 Å². The summed E-state index contributed by atoms with van der Waals surface area (Å²) in [6.07, 6.45) is 3.55. The van der Waals surface area contributed by atoms with Gasteiger partial charge in [0.15, 0.2) is 0 Å². The van der Waals surface area contributed by atoms with Crippen molar-refractivity contribution in [3.05, 3.63) is 35.4 Å². The van der Waals surface area contributed by atoms with E-state index in [0.717, 1.165) is 12.0 Å². The fourth-order valence-electron chi connectivity index (χ4n) is 2.02. The number of benzene rings is 1. The van der Waals surface area contributed by atoms with Crippen LogP contribution in [0.5, 0.6) is 0 Å². The number of nitrogens with zero attached hydrogens (tertiary/aromatic N) is 1. The third-order valence-electron chi connectivity index (χ3n) is 3.29. The van der Waals surface area contributed by atoms with Gasteiger partial charge in [0, 0.05) is 0 Å². The molecule has 1 atom stereocenters. The molecule has 0 fully saturated rings. The first-order chi connectivity index (χ1) is 7.16. The van der Waals surface area contributed by atoms with E-state index in [1.807, 2.05) is 12.1 Å². The minimum absolute atomic E-state index is 0.267. The molecule has 1 unspecified atom stereocenters. The average Bonchev–Trinajstić information content (AvgIpc) is 2.29. The zero-order valence-corrected chi connectivity index (χ0v) is 9.88. The molecular weight excluding hydrogens is 182 g/mol. The highest BCUT2D eigenvalue weighted by molar-refractivity contribution is 5.34. The van der Waals surface area contributed by atoms with Crippen LogP contribution in [-0.4, -0.2) is 0 Å². The van der Waals surface area contributed by atoms with E-state index in [4.69, 9.17) is 5.26 Å². The molecule has 1 aromatic carbocycles. The van der Waals surface area contributed by atoms with Crippen LogP contribution in [0.25, 0.3) is 0 Å². The molecule has 0 N–H and O–H groups in total. The lowest BCUT2D eigenvalue weighted by molar-refractivity contribution is 0.414. The molecule has 0 radical (unpaired) electrons. The van der Waals surface area contributed by atoms with Gasteiger partial charge in [-0.05, 0) is 36.0 Å². The topological polar surface area (TPSA) is 23.8 Å². The zero-order valence-electron chi connectivity index (χ0n) is 9.88. The molecule has 15 heavy (non-hydrogen) atoms. The number of nitriles is 1. The van der Waals surface area contributed by atoms with E-state index >= 15 is 0 Å². The summed E-state index contributed by atoms with van der Waals surface area (Å²) in [5, 5.41) is 8.74. The van der Waals surface area contributed by atoms with Gasteiger partial charge in [-0.1, -0.05) is 39.3 Å². The van der Waals surface area contributed by atoms with Crippen LogP contribution < -0.4 is 0 Å². The SMILES string of the molecule is CCCC(C)(CC)c1ccc(C#N)cc1. The Bertz CT molecular complexity index is 345. The summed E-state index contributed by atoms with van der Waals surface area (Å²) < 4.78 is 0. The van der Waals surface area contributed by atoms with E-state index in [9.17, 15) is 0 Å². The Morgan fingerprint density at radius 3 is 2.20 bits per heavy atom. The lowest BCUT2D eigenvalue weighted by Gasteiger charge is -2.28. The van der Waals surface area contributed by atoms with E-state index in [1.165, 1.54) is 18.4 Å². The maximum atomic E-state index is 8.74. The Labute approximate surface area is 92.7 Å². The molecule has 0 bridgehead atoms. The molecule has 0 aliphatic carbocycles. The van der Waals surface area contributed by atoms with Crippen molar-refractivity contribution in [1.29, 1.82) is 5.26 Å². The standard InChI is InChI=1S/C14H19N/c1-4-10-14(3,5-2)13-8-6-12(11-15)7-9-13/h6-9H,4-5,10H2,1-3H3. The fraction of sp³-hybridized carbons (Fsp3) is 0.500. The van der Waals surface area contributed by atoms with Gasteiger partial charge in [-0.3, -0.25) is 0 Å². The summed E-state index contributed by atoms with van der Waals surface area (Å²) in [5.41, 5.74) is 2.36. The lowest BCUT2D eigenvalue weighted by atomic mass is 9.76. The van der Waals surface area contributed by atoms with Crippen LogP contribution in [0.4, 0.5) is 0 Å². The number of rotatable bonds is 4. The Morgan fingerprint density at radius 2 is 1.80 bits per heavy atom. The van der Waals surface area contributed by atoms with Crippen molar-refractivity contribution in [3.63, 3.8) is 0 Å². The second kappa shape index (κ2) is 4.98. The van der Waals surface area contributed by atoms with Gasteiger partial charge in [0.05, 0.1) is 11.6 Å². The van der Waals surface area contributed by atoms with Crippen LogP contribution in [-0.2, 0) is 5.41 Å². The van der Waals surface area contributed by atoms with Crippen LogP contribution in [0, 0.1) is 11.3 Å². The Kier molecular flexibility index (Phi) is 3.91. The van der Waals surface area contributed by atoms with Crippen molar-refractivity contribution in [1.82, 2.24) is 0 Å². The van der Waals surface area contributed by atoms with Gasteiger partial charge in [-0.15, -0.1) is 0 Å². The van der Waals surface area contributed by atoms with Crippen LogP contribution in [0.1, 0.15) is 51.2 Å². The van der Waals surface area contributed by atoms with Gasteiger partial charge in [-0.2, -0.15) is 5.26 Å². The molecule has 0 saturated carbocycles. The van der Waals surface area contributed by atoms with Gasteiger partial charge in [-0.25, -0.2) is 0 Å². The summed E-state index contributed by atoms with van der Waals surface area (Å²) in [6.45, 7) is 6.75. The minimum atomic E-state index is 0.267. The van der Waals surface area contributed by atoms with Gasteiger partial charge < -0.3 is 0 Å². The summed E-state index contributed by atoms with van der Waals surface area (Å²) in [5.74, 6) is 0. The quantitative estimate of drug-likeness (QED) is 0.721. The molecule has 1 heteroatoms. The van der Waals surface area contributed by atoms with Crippen LogP contribution in [0.2, 0.25) is 0 Å². The van der Waals surface area contributed by atoms with Crippen molar-refractivity contribution in [2.45, 2.75) is 45.4 Å². The summed E-state index contributed by atoms with van der Waals surface area (Å²) in [4.78, 5) is 0. The van der Waals surface area contributed by atoms with Crippen molar-refractivity contribution in [3.8, 4) is 6.07 Å². The first kappa shape index (κ1) is 11.8. The first-order valence-electron chi connectivity index (χ1n) is 5.67. The highest BCUT2D eigenvalue weighted by atomic mass is 14.3. The molecule has 1 rings (SSSR count). The average molecular weight is 201 g/mol. The summed E-state index contributed by atoms with van der Waals surface area (Å²) in [7, 11) is 0. The van der Waals surface area contributed by atoms with Crippen molar-refractivity contribution < 1.29 is 0 Å². The van der Waals surface area contributed by atoms with Gasteiger partial charge in [0.1, 0.15) is 0 Å². The molecule has 0 amide bonds. The van der Waals surface area contributed by atoms with Crippen molar-refractivity contribution >= 4 is 0 Å². The molecule has 0 spiro atoms. The third kappa shape index (κ3) is 2.59. The molecule has 0 heterocycles. The highest BCUT2D eigenvalue weighted by Crippen LogP contribution is 2.32. The van der Waals surface area contributed by atoms with Gasteiger partial charge >= 0.3 is 0 Å². The Morgan fingerprint density at radius 1 is 1.20 bits per heavy atom. The zero-order chi connectivity index (χ0) is 11.3. The molecular formula is C14H19N. The maximum Gasteiger partial charge on any atom is 0.0991 e. The smallest absolute Gasteiger partial charge is 0.0991 e. The van der Waals surface area contributed by atoms with Crippen molar-refractivity contribution in [2.24, 2.45) is 0 Å². The summed E-state index contributed by atoms with van der Waals surface area (Å²) >= 11 is 0. The first-order valence-corrected chi connectivity index (χ1v) is 5.67. The molecule has 1 aromatic rings. The van der Waals surface area contributed by atoms with E-state index in [-0.39, 0.29) is 5.41 Å². The molecule has 1 nitrogen and oxygen atoms in total. The Balaban J connectivity index is 2.98. The second-order valence-electron chi connectivity index (χ2n) is 4.35. The fourth-order valence-corrected chi connectivity index (χ4v) is 2.02.